The van der Waals surface area contributed by atoms with Crippen molar-refractivity contribution in [3.05, 3.63) is 0 Å². The molecular weight excluding hydrogens is 270 g/mol. The van der Waals surface area contributed by atoms with E-state index in [-0.39, 0.29) is 29.1 Å². The summed E-state index contributed by atoms with van der Waals surface area (Å²) in [6.45, 7) is 4.06. The average molecular weight is 292 g/mol. The van der Waals surface area contributed by atoms with Crippen LogP contribution in [0.5, 0.6) is 0 Å². The molecule has 0 amide bonds. The lowest BCUT2D eigenvalue weighted by Gasteiger charge is -2.50. The van der Waals surface area contributed by atoms with Crippen LogP contribution in [0.1, 0.15) is 39.0 Å². The zero-order chi connectivity index (χ0) is 10.9. The number of fused-ring (bicyclic) bond motifs is 1. The molecule has 0 aliphatic carbocycles. The summed E-state index contributed by atoms with van der Waals surface area (Å²) in [7, 11) is 2.33. The van der Waals surface area contributed by atoms with Crippen LogP contribution >= 0.6 is 0 Å². The van der Waals surface area contributed by atoms with Crippen LogP contribution in [0.25, 0.3) is 0 Å². The Morgan fingerprint density at radius 2 is 1.88 bits per heavy atom. The molecule has 0 aromatic rings. The van der Waals surface area contributed by atoms with Crippen LogP contribution in [0.4, 0.5) is 0 Å². The predicted molar refractivity (Wildman–Crippen MR) is 58.3 cm³/mol. The van der Waals surface area contributed by atoms with Crippen molar-refractivity contribution in [3.63, 3.8) is 0 Å². The molecule has 2 aliphatic heterocycles. The maximum Gasteiger partial charge on any atom is 0.303 e. The van der Waals surface area contributed by atoms with Crippen molar-refractivity contribution >= 4 is 5.97 Å². The van der Waals surface area contributed by atoms with Gasteiger partial charge in [-0.2, -0.15) is 0 Å². The normalized spacial score (nSPS) is 38.1. The van der Waals surface area contributed by atoms with Crippen LogP contribution in [0.15, 0.2) is 0 Å². The molecule has 3 nitrogen and oxygen atoms in total. The number of hydrogen-bond acceptors (Lipinski definition) is 2. The topological polar surface area (TPSA) is 26.3 Å². The fraction of sp³-hybridized carbons (Fsp3) is 0.917. The van der Waals surface area contributed by atoms with Crippen LogP contribution < -0.4 is 17.0 Å². The third kappa shape index (κ3) is 2.77. The van der Waals surface area contributed by atoms with E-state index in [9.17, 15) is 4.79 Å². The molecule has 0 spiro atoms. The number of halogens is 1. The molecular formula is C12H22BrNO2. The fourth-order valence-corrected chi connectivity index (χ4v) is 3.37. The lowest BCUT2D eigenvalue weighted by Crippen LogP contribution is -3.00. The molecule has 3 atom stereocenters. The fourth-order valence-electron chi connectivity index (χ4n) is 3.37. The van der Waals surface area contributed by atoms with Gasteiger partial charge < -0.3 is 26.2 Å². The molecule has 2 saturated heterocycles. The minimum absolute atomic E-state index is 0. The maximum atomic E-state index is 11.1. The lowest BCUT2D eigenvalue weighted by atomic mass is 9.88. The Balaban J connectivity index is 0.00000128. The average Bonchev–Trinajstić information content (AvgIpc) is 2.16. The van der Waals surface area contributed by atoms with Crippen LogP contribution in [0.3, 0.4) is 0 Å². The molecule has 2 fully saturated rings. The Bertz CT molecular complexity index is 255. The van der Waals surface area contributed by atoms with Crippen LogP contribution in [-0.4, -0.2) is 42.7 Å². The summed E-state index contributed by atoms with van der Waals surface area (Å²) in [4.78, 5) is 11.1. The monoisotopic (exact) mass is 291 g/mol. The molecule has 0 bridgehead atoms. The van der Waals surface area contributed by atoms with Gasteiger partial charge in [-0.15, -0.1) is 0 Å². The summed E-state index contributed by atoms with van der Waals surface area (Å²) in [6, 6.07) is 0.566. The van der Waals surface area contributed by atoms with Crippen LogP contribution in [0, 0.1) is 0 Å². The maximum absolute atomic E-state index is 11.1. The minimum Gasteiger partial charge on any atom is -1.00 e. The number of carbonyl (C=O) groups is 1. The first-order valence-electron chi connectivity index (χ1n) is 6.13. The van der Waals surface area contributed by atoms with E-state index in [1.54, 1.807) is 0 Å². The largest absolute Gasteiger partial charge is 1.00 e. The second-order valence-electron chi connectivity index (χ2n) is 5.28. The van der Waals surface area contributed by atoms with E-state index in [0.717, 1.165) is 10.9 Å². The quantitative estimate of drug-likeness (QED) is 0.444. The predicted octanol–water partition coefficient (Wildman–Crippen LogP) is -1.28. The molecule has 2 aliphatic rings. The van der Waals surface area contributed by atoms with Crippen molar-refractivity contribution in [1.82, 2.24) is 0 Å². The Hall–Kier alpha value is -0.0900. The minimum atomic E-state index is -0.112. The smallest absolute Gasteiger partial charge is 0.303 e. The Labute approximate surface area is 108 Å². The van der Waals surface area contributed by atoms with Gasteiger partial charge in [0.2, 0.25) is 0 Å². The Kier molecular flexibility index (Phi) is 4.80. The van der Waals surface area contributed by atoms with Gasteiger partial charge in [-0.3, -0.25) is 4.79 Å². The van der Waals surface area contributed by atoms with Crippen molar-refractivity contribution in [1.29, 1.82) is 0 Å². The number of quaternary nitrogens is 1. The number of hydrogen-bond donors (Lipinski definition) is 0. The zero-order valence-corrected chi connectivity index (χ0v) is 11.8. The summed E-state index contributed by atoms with van der Waals surface area (Å²) in [6.07, 6.45) is 6.31. The van der Waals surface area contributed by atoms with Crippen LogP contribution in [-0.2, 0) is 9.53 Å². The Morgan fingerprint density at radius 3 is 2.56 bits per heavy atom. The number of likely N-dealkylation sites (N-methyl/N-ethyl adjacent to an activating group) is 1. The first-order valence-corrected chi connectivity index (χ1v) is 6.13. The second kappa shape index (κ2) is 5.50. The molecule has 1 unspecified atom stereocenters. The highest BCUT2D eigenvalue weighted by molar-refractivity contribution is 5.66. The molecule has 16 heavy (non-hydrogen) atoms. The SMILES string of the molecule is CC(=O)O[C@H]1CCC[N+]2(C)CCCC[C@H]12.[Br-]. The molecule has 0 radical (unpaired) electrons. The van der Waals surface area contributed by atoms with E-state index in [4.69, 9.17) is 4.74 Å². The van der Waals surface area contributed by atoms with E-state index in [0.29, 0.717) is 6.04 Å². The van der Waals surface area contributed by atoms with E-state index in [1.165, 1.54) is 45.7 Å². The standard InChI is InChI=1S/C12H22NO2.BrH/c1-10(14)15-12-7-5-9-13(2)8-4-3-6-11(12)13;/h11-12H,3-9H2,1-2H3;1H/q+1;/p-1/t11-,12+,13?;/m1./s1. The van der Waals surface area contributed by atoms with Gasteiger partial charge in [0.1, 0.15) is 6.04 Å². The number of carbonyl (C=O) groups excluding carboxylic acids is 1. The number of esters is 1. The highest BCUT2D eigenvalue weighted by Gasteiger charge is 2.44. The molecule has 4 heteroatoms. The zero-order valence-electron chi connectivity index (χ0n) is 10.2. The third-order valence-corrected chi connectivity index (χ3v) is 4.12. The first kappa shape index (κ1) is 14.0. The molecule has 94 valence electrons. The van der Waals surface area contributed by atoms with Gasteiger partial charge in [0.25, 0.3) is 0 Å². The molecule has 0 N–H and O–H groups in total. The van der Waals surface area contributed by atoms with E-state index >= 15 is 0 Å². The molecule has 0 aromatic heterocycles. The molecule has 0 saturated carbocycles. The summed E-state index contributed by atoms with van der Waals surface area (Å²) >= 11 is 0. The highest BCUT2D eigenvalue weighted by atomic mass is 79.9. The summed E-state index contributed by atoms with van der Waals surface area (Å²) in [5.74, 6) is -0.112. The summed E-state index contributed by atoms with van der Waals surface area (Å²) in [5.41, 5.74) is 0. The van der Waals surface area contributed by atoms with E-state index in [1.807, 2.05) is 0 Å². The van der Waals surface area contributed by atoms with Crippen molar-refractivity contribution in [3.8, 4) is 0 Å². The van der Waals surface area contributed by atoms with Gasteiger partial charge >= 0.3 is 5.97 Å². The van der Waals surface area contributed by atoms with Gasteiger partial charge in [-0.1, -0.05) is 0 Å². The highest BCUT2D eigenvalue weighted by Crippen LogP contribution is 2.33. The van der Waals surface area contributed by atoms with Gasteiger partial charge in [0, 0.05) is 19.8 Å². The number of piperidine rings is 2. The summed E-state index contributed by atoms with van der Waals surface area (Å²) < 4.78 is 6.61. The van der Waals surface area contributed by atoms with E-state index < -0.39 is 0 Å². The second-order valence-corrected chi connectivity index (χ2v) is 5.28. The summed E-state index contributed by atoms with van der Waals surface area (Å²) in [5, 5.41) is 0. The van der Waals surface area contributed by atoms with E-state index in [2.05, 4.69) is 7.05 Å². The van der Waals surface area contributed by atoms with Crippen molar-refractivity contribution in [2.75, 3.05) is 20.1 Å². The van der Waals surface area contributed by atoms with Crippen molar-refractivity contribution in [2.24, 2.45) is 0 Å². The number of ether oxygens (including phenoxy) is 1. The van der Waals surface area contributed by atoms with Crippen LogP contribution in [0.2, 0.25) is 0 Å². The number of nitrogens with zero attached hydrogens (tertiary/aromatic N) is 1. The molecule has 2 rings (SSSR count). The van der Waals surface area contributed by atoms with Gasteiger partial charge in [0.05, 0.1) is 20.1 Å². The first-order chi connectivity index (χ1) is 7.12. The van der Waals surface area contributed by atoms with Crippen molar-refractivity contribution in [2.45, 2.75) is 51.2 Å². The third-order valence-electron chi connectivity index (χ3n) is 4.12. The Morgan fingerprint density at radius 1 is 1.19 bits per heavy atom. The molecule has 0 aromatic carbocycles. The molecule has 2 heterocycles. The van der Waals surface area contributed by atoms with Crippen molar-refractivity contribution < 1.29 is 31.0 Å². The van der Waals surface area contributed by atoms with Gasteiger partial charge in [-0.05, 0) is 19.3 Å². The van der Waals surface area contributed by atoms with Gasteiger partial charge in [-0.25, -0.2) is 0 Å². The van der Waals surface area contributed by atoms with Gasteiger partial charge in [0.15, 0.2) is 6.10 Å². The lowest BCUT2D eigenvalue weighted by molar-refractivity contribution is -0.946. The number of rotatable bonds is 1.